The average molecular weight is 1250 g/mol. The summed E-state index contributed by atoms with van der Waals surface area (Å²) in [6.45, 7) is -1.70. The Morgan fingerprint density at radius 3 is 1.57 bits per heavy atom. The van der Waals surface area contributed by atoms with Crippen LogP contribution < -0.4 is 43.0 Å². The number of benzene rings is 1. The topological polar surface area (TPSA) is 517 Å². The zero-order valence-corrected chi connectivity index (χ0v) is 48.7. The molecule has 7 amide bonds. The second-order valence-electron chi connectivity index (χ2n) is 20.3. The Balaban J connectivity index is 1.72. The number of aliphatic carboxylic acids is 5. The summed E-state index contributed by atoms with van der Waals surface area (Å²) in [6, 6.07) is -2.80. The molecule has 490 valence electrons. The molecule has 0 spiro atoms. The number of aliphatic hydroxyl groups is 2. The predicted molar refractivity (Wildman–Crippen MR) is 304 cm³/mol. The van der Waals surface area contributed by atoms with E-state index in [4.69, 9.17) is 15.2 Å². The average Bonchev–Trinajstić information content (AvgIpc) is 4.17. The molecule has 3 rings (SSSR count). The van der Waals surface area contributed by atoms with Crippen LogP contribution in [0.4, 0.5) is 0 Å². The first-order valence-corrected chi connectivity index (χ1v) is 28.1. The Bertz CT molecular complexity index is 2560. The van der Waals surface area contributed by atoms with Crippen molar-refractivity contribution in [3.8, 4) is 0 Å². The van der Waals surface area contributed by atoms with Gasteiger partial charge in [0.15, 0.2) is 0 Å². The quantitative estimate of drug-likeness (QED) is 0.0277. The van der Waals surface area contributed by atoms with Crippen molar-refractivity contribution in [3.63, 3.8) is 0 Å². The number of rotatable bonds is 39. The van der Waals surface area contributed by atoms with Crippen LogP contribution in [-0.4, -0.2) is 304 Å². The summed E-state index contributed by atoms with van der Waals surface area (Å²) in [5.41, 5.74) is 6.06. The van der Waals surface area contributed by atoms with E-state index in [1.54, 1.807) is 40.1 Å². The number of amides is 7. The van der Waals surface area contributed by atoms with E-state index in [0.717, 1.165) is 0 Å². The fourth-order valence-corrected chi connectivity index (χ4v) is 8.85. The molecule has 35 nitrogen and oxygen atoms in total. The predicted octanol–water partition coefficient (Wildman–Crippen LogP) is -7.60. The Morgan fingerprint density at radius 1 is 0.580 bits per heavy atom. The van der Waals surface area contributed by atoms with Gasteiger partial charge in [0.1, 0.15) is 48.9 Å². The second-order valence-corrected chi connectivity index (χ2v) is 20.3. The van der Waals surface area contributed by atoms with E-state index in [1.165, 1.54) is 29.2 Å². The Hall–Kier alpha value is -8.29. The van der Waals surface area contributed by atoms with Crippen molar-refractivity contribution >= 4 is 71.2 Å². The van der Waals surface area contributed by atoms with Gasteiger partial charge in [-0.15, -0.1) is 0 Å². The SMILES string of the molecule is C[C@H](NC(=O)[C@H](CC(=O)O)NC(=O)COCCOCCN)C(=O)N[C@@H](Cc1c[nH]cn1)C(=O)N[C@@H](CO)C(=O)N[C@@H](Cc1ccccc1)C(=O)NC(CO)C(=O)NCCCC(C(=O)O)N1CCN(CC(=O)O)CCN(CC(=O)O)CCN(CC(=O)O)CC1. The van der Waals surface area contributed by atoms with Gasteiger partial charge >= 0.3 is 29.8 Å². The van der Waals surface area contributed by atoms with Gasteiger partial charge in [0.2, 0.25) is 41.4 Å². The third-order valence-corrected chi connectivity index (χ3v) is 13.4. The number of nitrogens with one attached hydrogen (secondary N) is 8. The van der Waals surface area contributed by atoms with E-state index in [-0.39, 0.29) is 123 Å². The van der Waals surface area contributed by atoms with Gasteiger partial charge in [0.25, 0.3) is 0 Å². The maximum Gasteiger partial charge on any atom is 0.320 e. The third-order valence-electron chi connectivity index (χ3n) is 13.4. The first kappa shape index (κ1) is 74.0. The number of imidazole rings is 1. The summed E-state index contributed by atoms with van der Waals surface area (Å²) in [5, 5.41) is 85.9. The minimum atomic E-state index is -1.81. The molecule has 1 fully saturated rings. The standard InChI is InChI=1S/C53H82N14O21/c1-33(58-49(81)38(24-43(71)72)59-42(70)31-88-21-20-87-19-9-54)47(79)60-37(23-35-25-55-32-57-35)51(83)63-40(30-69)52(84)61-36(22-34-6-3-2-4-7-34)50(82)62-39(29-68)48(80)56-10-5-8-41(53(85)86)67-17-15-65(27-45(75)76)13-11-64(26-44(73)74)12-14-66(16-18-67)28-46(77)78/h2-4,6-7,25,32-33,36-41,68-69H,5,8-24,26-31,54H2,1H3,(H,55,57)(H,56,80)(H,58,81)(H,59,70)(H,60,79)(H,61,84)(H,62,82)(H,63,83)(H,71,72)(H,73,74)(H,75,76)(H,77,78)(H,85,86)/t33-,36-,37-,38-,39?,40-,41?/m0/s1. The second kappa shape index (κ2) is 40.2. The summed E-state index contributed by atoms with van der Waals surface area (Å²) >= 11 is 0. The molecule has 1 aliphatic rings. The highest BCUT2D eigenvalue weighted by Gasteiger charge is 2.34. The van der Waals surface area contributed by atoms with Gasteiger partial charge < -0.3 is 93.2 Å². The lowest BCUT2D eigenvalue weighted by Gasteiger charge is -2.35. The van der Waals surface area contributed by atoms with Gasteiger partial charge in [-0.2, -0.15) is 0 Å². The molecular formula is C53H82N14O21. The van der Waals surface area contributed by atoms with Crippen LogP contribution in [-0.2, 0) is 79.8 Å². The van der Waals surface area contributed by atoms with E-state index in [2.05, 4.69) is 47.2 Å². The number of nitrogens with zero attached hydrogens (tertiary/aromatic N) is 5. The lowest BCUT2D eigenvalue weighted by atomic mass is 10.0. The lowest BCUT2D eigenvalue weighted by Crippen LogP contribution is -2.61. The smallest absolute Gasteiger partial charge is 0.320 e. The molecule has 0 radical (unpaired) electrons. The van der Waals surface area contributed by atoms with Gasteiger partial charge in [-0.05, 0) is 25.3 Å². The largest absolute Gasteiger partial charge is 0.481 e. The Morgan fingerprint density at radius 2 is 1.07 bits per heavy atom. The van der Waals surface area contributed by atoms with Crippen molar-refractivity contribution in [2.24, 2.45) is 5.73 Å². The highest BCUT2D eigenvalue weighted by atomic mass is 16.5. The number of carbonyl (C=O) groups is 12. The molecule has 1 aromatic heterocycles. The molecule has 2 aromatic rings. The normalized spacial score (nSPS) is 16.2. The molecular weight excluding hydrogens is 1170 g/mol. The van der Waals surface area contributed by atoms with E-state index < -0.39 is 153 Å². The molecule has 17 N–H and O–H groups in total. The number of carboxylic acids is 5. The maximum atomic E-state index is 14.0. The van der Waals surface area contributed by atoms with Crippen LogP contribution in [0.5, 0.6) is 0 Å². The number of aromatic nitrogens is 2. The summed E-state index contributed by atoms with van der Waals surface area (Å²) in [4.78, 5) is 167. The van der Waals surface area contributed by atoms with Gasteiger partial charge in [-0.3, -0.25) is 77.1 Å². The molecule has 2 unspecified atom stereocenters. The van der Waals surface area contributed by atoms with Crippen LogP contribution in [0, 0.1) is 0 Å². The molecule has 35 heteroatoms. The summed E-state index contributed by atoms with van der Waals surface area (Å²) in [7, 11) is 0. The number of carboxylic acid groups (broad SMARTS) is 5. The zero-order valence-electron chi connectivity index (χ0n) is 48.7. The van der Waals surface area contributed by atoms with Crippen molar-refractivity contribution < 1.29 is 103 Å². The summed E-state index contributed by atoms with van der Waals surface area (Å²) in [5.74, 6) is -13.3. The lowest BCUT2D eigenvalue weighted by molar-refractivity contribution is -0.145. The van der Waals surface area contributed by atoms with E-state index in [9.17, 15) is 93.3 Å². The summed E-state index contributed by atoms with van der Waals surface area (Å²) in [6.07, 6.45) is 1.11. The van der Waals surface area contributed by atoms with Crippen LogP contribution >= 0.6 is 0 Å². The molecule has 1 aliphatic heterocycles. The number of H-pyrrole nitrogens is 1. The molecule has 1 saturated heterocycles. The number of aromatic amines is 1. The first-order valence-electron chi connectivity index (χ1n) is 28.1. The number of aliphatic hydroxyl groups excluding tert-OH is 2. The van der Waals surface area contributed by atoms with Crippen molar-refractivity contribution in [3.05, 3.63) is 54.1 Å². The van der Waals surface area contributed by atoms with Gasteiger partial charge in [-0.25, -0.2) is 4.98 Å². The van der Waals surface area contributed by atoms with E-state index >= 15 is 0 Å². The van der Waals surface area contributed by atoms with Crippen molar-refractivity contribution in [2.45, 2.75) is 81.3 Å². The van der Waals surface area contributed by atoms with Crippen LogP contribution in [0.2, 0.25) is 0 Å². The zero-order chi connectivity index (χ0) is 65.1. The number of hydrogen-bond acceptors (Lipinski definition) is 22. The van der Waals surface area contributed by atoms with E-state index in [1.807, 2.05) is 0 Å². The highest BCUT2D eigenvalue weighted by molar-refractivity contribution is 5.97. The number of hydrogen-bond donors (Lipinski definition) is 16. The molecule has 0 bridgehead atoms. The minimum Gasteiger partial charge on any atom is -0.481 e. The molecule has 0 aliphatic carbocycles. The number of nitrogens with two attached hydrogens (primary N) is 1. The van der Waals surface area contributed by atoms with Crippen molar-refractivity contribution in [1.29, 1.82) is 0 Å². The van der Waals surface area contributed by atoms with Crippen LogP contribution in [0.3, 0.4) is 0 Å². The molecule has 0 saturated carbocycles. The van der Waals surface area contributed by atoms with Crippen LogP contribution in [0.15, 0.2) is 42.9 Å². The molecule has 2 heterocycles. The van der Waals surface area contributed by atoms with Crippen LogP contribution in [0.1, 0.15) is 37.4 Å². The number of carbonyl (C=O) groups excluding carboxylic acids is 7. The first-order chi connectivity index (χ1) is 41.9. The van der Waals surface area contributed by atoms with Crippen molar-refractivity contribution in [1.82, 2.24) is 66.8 Å². The monoisotopic (exact) mass is 1250 g/mol. The van der Waals surface area contributed by atoms with E-state index in [0.29, 0.717) is 5.56 Å². The molecule has 1 aromatic carbocycles. The summed E-state index contributed by atoms with van der Waals surface area (Å²) < 4.78 is 10.3. The number of ether oxygens (including phenoxy) is 2. The minimum absolute atomic E-state index is 0.00497. The molecule has 7 atom stereocenters. The van der Waals surface area contributed by atoms with Crippen LogP contribution in [0.25, 0.3) is 0 Å². The third kappa shape index (κ3) is 28.9. The van der Waals surface area contributed by atoms with Gasteiger partial charge in [-0.1, -0.05) is 30.3 Å². The van der Waals surface area contributed by atoms with Gasteiger partial charge in [0, 0.05) is 84.5 Å². The maximum absolute atomic E-state index is 14.0. The fraction of sp³-hybridized carbons (Fsp3) is 0.604. The fourth-order valence-electron chi connectivity index (χ4n) is 8.85. The van der Waals surface area contributed by atoms with Gasteiger partial charge in [0.05, 0.1) is 71.1 Å². The Kier molecular flexibility index (Phi) is 33.8. The van der Waals surface area contributed by atoms with Crippen molar-refractivity contribution in [2.75, 3.05) is 125 Å². The highest BCUT2D eigenvalue weighted by Crippen LogP contribution is 2.12. The molecule has 88 heavy (non-hydrogen) atoms. The Labute approximate surface area is 505 Å².